The molecule has 0 bridgehead atoms. The van der Waals surface area contributed by atoms with Gasteiger partial charge >= 0.3 is 6.09 Å². The van der Waals surface area contributed by atoms with Gasteiger partial charge in [-0.3, -0.25) is 0 Å². The number of primary amides is 1. The molecule has 1 rings (SSSR count). The molecule has 1 heterocycles. The van der Waals surface area contributed by atoms with E-state index < -0.39 is 6.09 Å². The van der Waals surface area contributed by atoms with Crippen LogP contribution in [0.1, 0.15) is 0 Å². The third-order valence-corrected chi connectivity index (χ3v) is 1.51. The summed E-state index contributed by atoms with van der Waals surface area (Å²) >= 11 is 0. The zero-order chi connectivity index (χ0) is 8.10. The van der Waals surface area contributed by atoms with E-state index in [1.165, 1.54) is 0 Å². The molecule has 0 unspecified atom stereocenters. The van der Waals surface area contributed by atoms with Crippen LogP contribution in [-0.2, 0) is 4.74 Å². The van der Waals surface area contributed by atoms with Gasteiger partial charge in [0.05, 0.1) is 0 Å². The second-order valence-electron chi connectivity index (χ2n) is 2.47. The van der Waals surface area contributed by atoms with Crippen molar-refractivity contribution in [3.8, 4) is 0 Å². The van der Waals surface area contributed by atoms with Crippen molar-refractivity contribution in [2.45, 2.75) is 6.10 Å². The number of hydrogen-bond acceptors (Lipinski definition) is 4. The van der Waals surface area contributed by atoms with E-state index in [1.54, 1.807) is 0 Å². The van der Waals surface area contributed by atoms with Crippen LogP contribution in [0.2, 0.25) is 0 Å². The molecule has 1 saturated heterocycles. The molecule has 64 valence electrons. The van der Waals surface area contributed by atoms with Crippen molar-refractivity contribution in [1.82, 2.24) is 10.6 Å². The summed E-state index contributed by atoms with van der Waals surface area (Å²) in [5.41, 5.74) is 4.86. The third kappa shape index (κ3) is 3.20. The van der Waals surface area contributed by atoms with Crippen LogP contribution in [0.25, 0.3) is 0 Å². The minimum absolute atomic E-state index is 0.130. The lowest BCUT2D eigenvalue weighted by atomic mass is 10.3. The molecular weight excluding hydrogens is 146 g/mol. The summed E-state index contributed by atoms with van der Waals surface area (Å²) in [5, 5.41) is 6.21. The minimum Gasteiger partial charge on any atom is -0.444 e. The molecule has 0 spiro atoms. The molecule has 1 aliphatic rings. The van der Waals surface area contributed by atoms with Crippen molar-refractivity contribution in [1.29, 1.82) is 0 Å². The molecular formula is C6H13N3O2. The van der Waals surface area contributed by atoms with E-state index in [2.05, 4.69) is 10.6 Å². The predicted molar refractivity (Wildman–Crippen MR) is 40.2 cm³/mol. The van der Waals surface area contributed by atoms with Crippen LogP contribution in [0.3, 0.4) is 0 Å². The Bertz CT molecular complexity index is 132. The Morgan fingerprint density at radius 2 is 1.91 bits per heavy atom. The van der Waals surface area contributed by atoms with Crippen LogP contribution in [0, 0.1) is 0 Å². The van der Waals surface area contributed by atoms with Crippen molar-refractivity contribution in [2.75, 3.05) is 26.2 Å². The molecule has 0 aromatic rings. The average Bonchev–Trinajstić information content (AvgIpc) is 2.14. The monoisotopic (exact) mass is 159 g/mol. The van der Waals surface area contributed by atoms with Gasteiger partial charge in [0.1, 0.15) is 6.10 Å². The highest BCUT2D eigenvalue weighted by Gasteiger charge is 2.13. The normalized spacial score (nSPS) is 20.7. The summed E-state index contributed by atoms with van der Waals surface area (Å²) in [7, 11) is 0. The first-order valence-electron chi connectivity index (χ1n) is 3.66. The fourth-order valence-corrected chi connectivity index (χ4v) is 1.02. The Balaban J connectivity index is 2.25. The van der Waals surface area contributed by atoms with E-state index in [0.29, 0.717) is 13.1 Å². The van der Waals surface area contributed by atoms with Gasteiger partial charge in [0.15, 0.2) is 0 Å². The number of hydrogen-bond donors (Lipinski definition) is 3. The number of nitrogens with one attached hydrogen (secondary N) is 2. The number of nitrogens with two attached hydrogens (primary N) is 1. The lowest BCUT2D eigenvalue weighted by Gasteiger charge is -2.12. The Hall–Kier alpha value is -0.810. The molecule has 0 atom stereocenters. The molecule has 5 nitrogen and oxygen atoms in total. The zero-order valence-corrected chi connectivity index (χ0v) is 6.30. The van der Waals surface area contributed by atoms with E-state index in [4.69, 9.17) is 10.5 Å². The van der Waals surface area contributed by atoms with E-state index in [-0.39, 0.29) is 6.10 Å². The highest BCUT2D eigenvalue weighted by molar-refractivity contribution is 5.64. The van der Waals surface area contributed by atoms with Gasteiger partial charge < -0.3 is 21.1 Å². The van der Waals surface area contributed by atoms with Gasteiger partial charge in [0, 0.05) is 26.2 Å². The average molecular weight is 159 g/mol. The standard InChI is InChI=1S/C6H13N3O2/c7-6(10)11-5-3-8-1-2-9-4-5/h5,8-9H,1-4H2,(H2,7,10). The second kappa shape index (κ2) is 4.15. The third-order valence-electron chi connectivity index (χ3n) is 1.51. The second-order valence-corrected chi connectivity index (χ2v) is 2.47. The molecule has 0 aromatic carbocycles. The number of rotatable bonds is 1. The molecule has 1 fully saturated rings. The quantitative estimate of drug-likeness (QED) is 0.442. The minimum atomic E-state index is -0.708. The fraction of sp³-hybridized carbons (Fsp3) is 0.833. The van der Waals surface area contributed by atoms with Gasteiger partial charge in [0.25, 0.3) is 0 Å². The summed E-state index contributed by atoms with van der Waals surface area (Å²) in [4.78, 5) is 10.3. The van der Waals surface area contributed by atoms with Crippen molar-refractivity contribution in [2.24, 2.45) is 5.73 Å². The van der Waals surface area contributed by atoms with E-state index in [9.17, 15) is 4.79 Å². The van der Waals surface area contributed by atoms with Gasteiger partial charge in [-0.2, -0.15) is 0 Å². The molecule has 0 aromatic heterocycles. The van der Waals surface area contributed by atoms with Crippen molar-refractivity contribution < 1.29 is 9.53 Å². The van der Waals surface area contributed by atoms with E-state index in [0.717, 1.165) is 13.1 Å². The molecule has 11 heavy (non-hydrogen) atoms. The zero-order valence-electron chi connectivity index (χ0n) is 6.30. The molecule has 1 aliphatic heterocycles. The highest BCUT2D eigenvalue weighted by Crippen LogP contribution is 1.90. The maximum absolute atomic E-state index is 10.3. The van der Waals surface area contributed by atoms with Crippen molar-refractivity contribution in [3.05, 3.63) is 0 Å². The first-order valence-corrected chi connectivity index (χ1v) is 3.66. The Morgan fingerprint density at radius 3 is 2.36 bits per heavy atom. The van der Waals surface area contributed by atoms with Gasteiger partial charge in [-0.25, -0.2) is 4.79 Å². The fourth-order valence-electron chi connectivity index (χ4n) is 1.02. The summed E-state index contributed by atoms with van der Waals surface area (Å²) in [6, 6.07) is 0. The van der Waals surface area contributed by atoms with Crippen molar-refractivity contribution in [3.63, 3.8) is 0 Å². The van der Waals surface area contributed by atoms with Crippen LogP contribution in [0.5, 0.6) is 0 Å². The Morgan fingerprint density at radius 1 is 1.36 bits per heavy atom. The van der Waals surface area contributed by atoms with Gasteiger partial charge in [-0.15, -0.1) is 0 Å². The van der Waals surface area contributed by atoms with E-state index >= 15 is 0 Å². The Kier molecular flexibility index (Phi) is 3.13. The highest BCUT2D eigenvalue weighted by atomic mass is 16.6. The van der Waals surface area contributed by atoms with Crippen LogP contribution < -0.4 is 16.4 Å². The van der Waals surface area contributed by atoms with Gasteiger partial charge in [-0.1, -0.05) is 0 Å². The maximum Gasteiger partial charge on any atom is 0.404 e. The predicted octanol–water partition coefficient (Wildman–Crippen LogP) is -1.36. The van der Waals surface area contributed by atoms with Crippen LogP contribution in [0.15, 0.2) is 0 Å². The molecule has 1 amide bonds. The lowest BCUT2D eigenvalue weighted by molar-refractivity contribution is 0.109. The molecule has 0 radical (unpaired) electrons. The number of ether oxygens (including phenoxy) is 1. The number of amides is 1. The molecule has 0 saturated carbocycles. The summed E-state index contributed by atoms with van der Waals surface area (Å²) in [6.45, 7) is 3.16. The van der Waals surface area contributed by atoms with Gasteiger partial charge in [0.2, 0.25) is 0 Å². The first-order chi connectivity index (χ1) is 5.29. The summed E-state index contributed by atoms with van der Waals surface area (Å²) < 4.78 is 4.78. The van der Waals surface area contributed by atoms with Crippen LogP contribution in [0.4, 0.5) is 4.79 Å². The largest absolute Gasteiger partial charge is 0.444 e. The summed E-state index contributed by atoms with van der Waals surface area (Å²) in [5.74, 6) is 0. The topological polar surface area (TPSA) is 76.4 Å². The SMILES string of the molecule is NC(=O)OC1CNCCNC1. The maximum atomic E-state index is 10.3. The smallest absolute Gasteiger partial charge is 0.404 e. The molecule has 0 aliphatic carbocycles. The lowest BCUT2D eigenvalue weighted by Crippen LogP contribution is -2.35. The van der Waals surface area contributed by atoms with Gasteiger partial charge in [-0.05, 0) is 0 Å². The number of carbonyl (C=O) groups is 1. The summed E-state index contributed by atoms with van der Waals surface area (Å²) in [6.07, 6.45) is -0.838. The Labute approximate surface area is 65.3 Å². The molecule has 5 heteroatoms. The van der Waals surface area contributed by atoms with Crippen LogP contribution in [-0.4, -0.2) is 38.4 Å². The van der Waals surface area contributed by atoms with E-state index in [1.807, 2.05) is 0 Å². The number of carbonyl (C=O) groups excluding carboxylic acids is 1. The first kappa shape index (κ1) is 8.29. The van der Waals surface area contributed by atoms with Crippen LogP contribution >= 0.6 is 0 Å². The van der Waals surface area contributed by atoms with Crippen molar-refractivity contribution >= 4 is 6.09 Å². The molecule has 4 N–H and O–H groups in total.